The number of hydrogen-bond donors (Lipinski definition) is 1. The highest BCUT2D eigenvalue weighted by atomic mass is 16.6. The Kier molecular flexibility index (Phi) is 8.47. The summed E-state index contributed by atoms with van der Waals surface area (Å²) in [6.45, 7) is 3.04. The molecule has 2 heteroatoms. The minimum atomic E-state index is 0.261. The van der Waals surface area contributed by atoms with E-state index < -0.39 is 0 Å². The van der Waals surface area contributed by atoms with Gasteiger partial charge in [0.05, 0.1) is 12.7 Å². The van der Waals surface area contributed by atoms with Crippen molar-refractivity contribution >= 4 is 36.5 Å². The average molecular weight is 459 g/mol. The van der Waals surface area contributed by atoms with Crippen molar-refractivity contribution in [2.45, 2.75) is 13.0 Å². The zero-order valence-electron chi connectivity index (χ0n) is 19.9. The minimum Gasteiger partial charge on any atom is -0.507 e. The lowest BCUT2D eigenvalue weighted by Crippen LogP contribution is -1.88. The fraction of sp³-hybridized carbons (Fsp3) is 0.0909. The summed E-state index contributed by atoms with van der Waals surface area (Å²) < 4.78 is 4.71. The molecular formula is C33H30O2. The molecule has 174 valence electrons. The number of aromatic hydroxyl groups is 1. The van der Waals surface area contributed by atoms with Gasteiger partial charge in [-0.25, -0.2) is 0 Å². The second-order valence-corrected chi connectivity index (χ2v) is 8.38. The van der Waals surface area contributed by atoms with Crippen molar-refractivity contribution in [3.63, 3.8) is 0 Å². The predicted octanol–water partition coefficient (Wildman–Crippen LogP) is 8.31. The first-order valence-corrected chi connectivity index (χ1v) is 11.9. The van der Waals surface area contributed by atoms with Crippen molar-refractivity contribution in [1.82, 2.24) is 0 Å². The topological polar surface area (TPSA) is 32.8 Å². The van der Waals surface area contributed by atoms with Gasteiger partial charge in [-0.15, -0.1) is 0 Å². The third-order valence-corrected chi connectivity index (χ3v) is 5.54. The number of epoxide rings is 1. The Labute approximate surface area is 208 Å². The minimum absolute atomic E-state index is 0.261. The number of phenols is 1. The molecule has 1 N–H and O–H groups in total. The fourth-order valence-corrected chi connectivity index (χ4v) is 3.48. The Morgan fingerprint density at radius 2 is 0.971 bits per heavy atom. The van der Waals surface area contributed by atoms with Crippen LogP contribution in [0.1, 0.15) is 40.3 Å². The van der Waals surface area contributed by atoms with Gasteiger partial charge in [0.1, 0.15) is 5.75 Å². The Morgan fingerprint density at radius 3 is 1.40 bits per heavy atom. The van der Waals surface area contributed by atoms with Gasteiger partial charge in [0, 0.05) is 5.56 Å². The lowest BCUT2D eigenvalue weighted by molar-refractivity contribution is 0.423. The van der Waals surface area contributed by atoms with Gasteiger partial charge in [0.25, 0.3) is 0 Å². The average Bonchev–Trinajstić information content (AvgIpc) is 3.70. The highest BCUT2D eigenvalue weighted by molar-refractivity contribution is 5.87. The van der Waals surface area contributed by atoms with Crippen molar-refractivity contribution < 1.29 is 9.84 Å². The molecule has 0 saturated carbocycles. The van der Waals surface area contributed by atoms with Crippen LogP contribution in [0.25, 0.3) is 36.5 Å². The van der Waals surface area contributed by atoms with Crippen LogP contribution < -0.4 is 0 Å². The van der Waals surface area contributed by atoms with Crippen LogP contribution in [-0.2, 0) is 4.74 Å². The quantitative estimate of drug-likeness (QED) is 0.233. The normalized spacial score (nSPS) is 14.8. The zero-order valence-corrected chi connectivity index (χ0v) is 19.9. The fourth-order valence-electron chi connectivity index (χ4n) is 3.48. The molecule has 1 saturated heterocycles. The summed E-state index contributed by atoms with van der Waals surface area (Å²) in [6, 6.07) is 34.2. The van der Waals surface area contributed by atoms with Crippen LogP contribution in [-0.4, -0.2) is 17.8 Å². The molecule has 1 aliphatic heterocycles. The molecule has 1 heterocycles. The lowest BCUT2D eigenvalue weighted by Gasteiger charge is -2.09. The molecule has 1 unspecified atom stereocenters. The number of benzene rings is 4. The van der Waals surface area contributed by atoms with Crippen LogP contribution in [0.3, 0.4) is 0 Å². The number of ether oxygens (including phenoxy) is 1. The SMILES string of the molecule is CC1CO1.Oc1ccc(C=Cc2ccccc2)c(C=Cc2ccccc2)c1C=Cc1ccccc1. The highest BCUT2D eigenvalue weighted by Gasteiger charge is 2.13. The van der Waals surface area contributed by atoms with E-state index in [1.807, 2.05) is 84.9 Å². The first kappa shape index (κ1) is 24.0. The maximum Gasteiger partial charge on any atom is 0.123 e. The molecule has 1 fully saturated rings. The number of rotatable bonds is 6. The van der Waals surface area contributed by atoms with Crippen LogP contribution in [0.4, 0.5) is 0 Å². The standard InChI is InChI=1S/C30H24O.C3H6O/c31-30-23-20-27(19-16-24-10-4-1-5-11-24)28(21-17-25-12-6-2-7-13-25)29(30)22-18-26-14-8-3-9-15-26;1-3-2-4-3/h1-23,31H;3H,2H2,1H3. The van der Waals surface area contributed by atoms with E-state index >= 15 is 0 Å². The Hall–Kier alpha value is -4.14. The maximum absolute atomic E-state index is 10.7. The molecule has 4 aromatic carbocycles. The number of phenolic OH excluding ortho intramolecular Hbond substituents is 1. The van der Waals surface area contributed by atoms with E-state index in [1.54, 1.807) is 6.07 Å². The van der Waals surface area contributed by atoms with Crippen molar-refractivity contribution in [2.75, 3.05) is 6.61 Å². The smallest absolute Gasteiger partial charge is 0.123 e. The highest BCUT2D eigenvalue weighted by Crippen LogP contribution is 2.30. The van der Waals surface area contributed by atoms with Gasteiger partial charge >= 0.3 is 0 Å². The van der Waals surface area contributed by atoms with Gasteiger partial charge in [-0.1, -0.05) is 134 Å². The molecule has 0 aliphatic carbocycles. The van der Waals surface area contributed by atoms with Crippen LogP contribution in [0.15, 0.2) is 103 Å². The van der Waals surface area contributed by atoms with Crippen LogP contribution in [0, 0.1) is 0 Å². The Bertz CT molecular complexity index is 1280. The van der Waals surface area contributed by atoms with Crippen molar-refractivity contribution in [2.24, 2.45) is 0 Å². The van der Waals surface area contributed by atoms with Crippen molar-refractivity contribution in [3.05, 3.63) is 137 Å². The third-order valence-electron chi connectivity index (χ3n) is 5.54. The molecular weight excluding hydrogens is 428 g/mol. The molecule has 0 amide bonds. The molecule has 5 rings (SSSR count). The van der Waals surface area contributed by atoms with Gasteiger partial charge in [-0.05, 0) is 40.8 Å². The summed E-state index contributed by atoms with van der Waals surface area (Å²) in [4.78, 5) is 0. The van der Waals surface area contributed by atoms with Crippen LogP contribution in [0.5, 0.6) is 5.75 Å². The summed E-state index contributed by atoms with van der Waals surface area (Å²) >= 11 is 0. The lowest BCUT2D eigenvalue weighted by atomic mass is 9.96. The molecule has 1 aliphatic rings. The summed E-state index contributed by atoms with van der Waals surface area (Å²) in [7, 11) is 0. The second-order valence-electron chi connectivity index (χ2n) is 8.38. The first-order chi connectivity index (χ1) is 17.2. The Morgan fingerprint density at radius 1 is 0.571 bits per heavy atom. The monoisotopic (exact) mass is 458 g/mol. The van der Waals surface area contributed by atoms with Crippen LogP contribution >= 0.6 is 0 Å². The van der Waals surface area contributed by atoms with E-state index in [4.69, 9.17) is 4.74 Å². The van der Waals surface area contributed by atoms with Crippen molar-refractivity contribution in [3.8, 4) is 5.75 Å². The molecule has 2 nitrogen and oxygen atoms in total. The molecule has 0 radical (unpaired) electrons. The van der Waals surface area contributed by atoms with Gasteiger partial charge < -0.3 is 9.84 Å². The van der Waals surface area contributed by atoms with E-state index in [0.29, 0.717) is 6.10 Å². The molecule has 4 aromatic rings. The predicted molar refractivity (Wildman–Crippen MR) is 150 cm³/mol. The second kappa shape index (κ2) is 12.4. The van der Waals surface area contributed by atoms with E-state index in [2.05, 4.69) is 55.5 Å². The molecule has 1 atom stereocenters. The van der Waals surface area contributed by atoms with Gasteiger partial charge in [0.15, 0.2) is 0 Å². The van der Waals surface area contributed by atoms with E-state index in [-0.39, 0.29) is 5.75 Å². The Balaban J connectivity index is 0.000000656. The van der Waals surface area contributed by atoms with Gasteiger partial charge in [-0.3, -0.25) is 0 Å². The van der Waals surface area contributed by atoms with Crippen LogP contribution in [0.2, 0.25) is 0 Å². The summed E-state index contributed by atoms with van der Waals surface area (Å²) in [5, 5.41) is 10.7. The summed E-state index contributed by atoms with van der Waals surface area (Å²) in [6.07, 6.45) is 12.9. The third kappa shape index (κ3) is 7.70. The first-order valence-electron chi connectivity index (χ1n) is 11.9. The van der Waals surface area contributed by atoms with E-state index in [1.165, 1.54) is 0 Å². The van der Waals surface area contributed by atoms with Gasteiger partial charge in [-0.2, -0.15) is 0 Å². The maximum atomic E-state index is 10.7. The number of hydrogen-bond acceptors (Lipinski definition) is 2. The molecule has 0 bridgehead atoms. The molecule has 0 spiro atoms. The molecule has 0 aromatic heterocycles. The van der Waals surface area contributed by atoms with E-state index in [9.17, 15) is 5.11 Å². The molecule has 35 heavy (non-hydrogen) atoms. The van der Waals surface area contributed by atoms with Crippen molar-refractivity contribution in [1.29, 1.82) is 0 Å². The van der Waals surface area contributed by atoms with E-state index in [0.717, 1.165) is 40.0 Å². The summed E-state index contributed by atoms with van der Waals surface area (Å²) in [5.41, 5.74) is 6.15. The zero-order chi connectivity index (χ0) is 24.3. The summed E-state index contributed by atoms with van der Waals surface area (Å²) in [5.74, 6) is 0.261. The largest absolute Gasteiger partial charge is 0.507 e. The van der Waals surface area contributed by atoms with Gasteiger partial charge in [0.2, 0.25) is 0 Å².